The van der Waals surface area contributed by atoms with Crippen LogP contribution in [-0.2, 0) is 6.61 Å². The molecule has 2 heterocycles. The normalized spacial score (nSPS) is 12.4. The average Bonchev–Trinajstić information content (AvgIpc) is 3.33. The van der Waals surface area contributed by atoms with Gasteiger partial charge in [-0.2, -0.15) is 0 Å². The van der Waals surface area contributed by atoms with Gasteiger partial charge in [0.1, 0.15) is 29.9 Å². The maximum absolute atomic E-state index is 9.59. The molecule has 0 aliphatic heterocycles. The molecule has 2 aromatic carbocycles. The summed E-state index contributed by atoms with van der Waals surface area (Å²) in [4.78, 5) is 0. The van der Waals surface area contributed by atoms with Crippen molar-refractivity contribution in [1.82, 2.24) is 15.0 Å². The van der Waals surface area contributed by atoms with E-state index in [9.17, 15) is 5.11 Å². The minimum absolute atomic E-state index is 0.123. The summed E-state index contributed by atoms with van der Waals surface area (Å²) in [7, 11) is 0. The van der Waals surface area contributed by atoms with E-state index in [0.29, 0.717) is 18.1 Å². The van der Waals surface area contributed by atoms with Crippen molar-refractivity contribution in [2.45, 2.75) is 12.6 Å². The number of benzene rings is 2. The maximum Gasteiger partial charge on any atom is 0.134 e. The molecule has 126 valence electrons. The van der Waals surface area contributed by atoms with Crippen molar-refractivity contribution >= 4 is 10.8 Å². The molecule has 4 rings (SSSR count). The molecule has 0 amide bonds. The first-order chi connectivity index (χ1) is 12.3. The molecule has 0 spiro atoms. The van der Waals surface area contributed by atoms with Gasteiger partial charge in [0.2, 0.25) is 0 Å². The number of aliphatic hydroxyl groups excluding tert-OH is 1. The first-order valence-electron chi connectivity index (χ1n) is 8.00. The van der Waals surface area contributed by atoms with Gasteiger partial charge in [0.05, 0.1) is 19.1 Å². The minimum Gasteiger partial charge on any atom is -0.487 e. The van der Waals surface area contributed by atoms with Crippen LogP contribution in [0.15, 0.2) is 71.5 Å². The number of hydrogen-bond acceptors (Lipinski definition) is 5. The quantitative estimate of drug-likeness (QED) is 0.586. The highest BCUT2D eigenvalue weighted by Crippen LogP contribution is 2.22. The Labute approximate surface area is 144 Å². The van der Waals surface area contributed by atoms with E-state index in [1.54, 1.807) is 29.3 Å². The third-order valence-corrected chi connectivity index (χ3v) is 4.03. The van der Waals surface area contributed by atoms with Gasteiger partial charge in [0.25, 0.3) is 0 Å². The van der Waals surface area contributed by atoms with Crippen molar-refractivity contribution < 1.29 is 14.3 Å². The van der Waals surface area contributed by atoms with Crippen LogP contribution in [0.1, 0.15) is 17.5 Å². The third-order valence-electron chi connectivity index (χ3n) is 4.03. The van der Waals surface area contributed by atoms with Gasteiger partial charge in [-0.05, 0) is 35.0 Å². The third kappa shape index (κ3) is 3.25. The van der Waals surface area contributed by atoms with Crippen molar-refractivity contribution in [1.29, 1.82) is 0 Å². The smallest absolute Gasteiger partial charge is 0.134 e. The van der Waals surface area contributed by atoms with Gasteiger partial charge in [-0.15, -0.1) is 5.10 Å². The number of furan rings is 1. The Morgan fingerprint density at radius 1 is 1.08 bits per heavy atom. The summed E-state index contributed by atoms with van der Waals surface area (Å²) in [5.74, 6) is 1.41. The number of aliphatic hydroxyl groups is 1. The van der Waals surface area contributed by atoms with Crippen LogP contribution in [0.3, 0.4) is 0 Å². The lowest BCUT2D eigenvalue weighted by Gasteiger charge is -2.10. The van der Waals surface area contributed by atoms with Gasteiger partial charge in [-0.25, -0.2) is 4.68 Å². The summed E-state index contributed by atoms with van der Waals surface area (Å²) in [5.41, 5.74) is 0.679. The molecule has 2 aromatic heterocycles. The molecule has 6 heteroatoms. The van der Waals surface area contributed by atoms with Crippen molar-refractivity contribution in [3.63, 3.8) is 0 Å². The average molecular weight is 335 g/mol. The number of nitrogens with zero attached hydrogens (tertiary/aromatic N) is 3. The van der Waals surface area contributed by atoms with Crippen LogP contribution in [0.4, 0.5) is 0 Å². The van der Waals surface area contributed by atoms with E-state index in [0.717, 1.165) is 11.1 Å². The molecule has 25 heavy (non-hydrogen) atoms. The Kier molecular flexibility index (Phi) is 4.18. The molecule has 0 saturated carbocycles. The molecule has 6 nitrogen and oxygen atoms in total. The van der Waals surface area contributed by atoms with Gasteiger partial charge in [-0.3, -0.25) is 0 Å². The monoisotopic (exact) mass is 335 g/mol. The van der Waals surface area contributed by atoms with Crippen LogP contribution in [-0.4, -0.2) is 26.7 Å². The molecule has 4 aromatic rings. The lowest BCUT2D eigenvalue weighted by atomic mass is 10.1. The molecule has 0 fully saturated rings. The molecule has 1 atom stereocenters. The molecule has 0 aliphatic rings. The van der Waals surface area contributed by atoms with Gasteiger partial charge >= 0.3 is 0 Å². The molecule has 0 radical (unpaired) electrons. The minimum atomic E-state index is -0.392. The van der Waals surface area contributed by atoms with Crippen LogP contribution in [0.5, 0.6) is 5.75 Å². The fraction of sp³-hybridized carbons (Fsp3) is 0.158. The summed E-state index contributed by atoms with van der Waals surface area (Å²) in [6.07, 6.45) is 3.32. The number of fused-ring (bicyclic) bond motifs is 1. The zero-order valence-corrected chi connectivity index (χ0v) is 13.4. The van der Waals surface area contributed by atoms with E-state index < -0.39 is 6.04 Å². The van der Waals surface area contributed by atoms with Crippen molar-refractivity contribution in [2.75, 3.05) is 6.61 Å². The standard InChI is InChI=1S/C19H17N3O3/c23-12-18(19-6-3-9-24-19)22-11-16(20-21-22)13-25-17-8-7-14-4-1-2-5-15(14)10-17/h1-11,18,23H,12-13H2. The number of rotatable bonds is 6. The summed E-state index contributed by atoms with van der Waals surface area (Å²) in [6, 6.07) is 17.3. The second-order valence-corrected chi connectivity index (χ2v) is 5.70. The molecule has 0 bridgehead atoms. The Morgan fingerprint density at radius 3 is 2.76 bits per heavy atom. The highest BCUT2D eigenvalue weighted by atomic mass is 16.5. The second-order valence-electron chi connectivity index (χ2n) is 5.70. The maximum atomic E-state index is 9.59. The zero-order valence-electron chi connectivity index (χ0n) is 13.4. The van der Waals surface area contributed by atoms with Crippen LogP contribution in [0.2, 0.25) is 0 Å². The van der Waals surface area contributed by atoms with E-state index in [1.807, 2.05) is 36.4 Å². The molecule has 0 saturated heterocycles. The predicted octanol–water partition coefficient (Wildman–Crippen LogP) is 3.19. The summed E-state index contributed by atoms with van der Waals surface area (Å²) >= 11 is 0. The molecule has 1 unspecified atom stereocenters. The first-order valence-corrected chi connectivity index (χ1v) is 8.00. The number of ether oxygens (including phenoxy) is 1. The van der Waals surface area contributed by atoms with Gasteiger partial charge in [0.15, 0.2) is 0 Å². The van der Waals surface area contributed by atoms with Gasteiger partial charge in [-0.1, -0.05) is 35.5 Å². The number of hydrogen-bond donors (Lipinski definition) is 1. The van der Waals surface area contributed by atoms with Crippen LogP contribution in [0.25, 0.3) is 10.8 Å². The van der Waals surface area contributed by atoms with Crippen molar-refractivity contribution in [2.24, 2.45) is 0 Å². The Balaban J connectivity index is 1.47. The summed E-state index contributed by atoms with van der Waals surface area (Å²) < 4.78 is 12.7. The topological polar surface area (TPSA) is 73.3 Å². The van der Waals surface area contributed by atoms with Gasteiger partial charge in [0, 0.05) is 0 Å². The van der Waals surface area contributed by atoms with Crippen LogP contribution in [0, 0.1) is 0 Å². The largest absolute Gasteiger partial charge is 0.487 e. The Hall–Kier alpha value is -3.12. The first kappa shape index (κ1) is 15.4. The fourth-order valence-corrected chi connectivity index (χ4v) is 2.73. The SMILES string of the molecule is OCC(c1ccco1)n1cc(COc2ccc3ccccc3c2)nn1. The molecule has 1 N–H and O–H groups in total. The Bertz CT molecular complexity index is 963. The fourth-order valence-electron chi connectivity index (χ4n) is 2.73. The number of aromatic nitrogens is 3. The summed E-state index contributed by atoms with van der Waals surface area (Å²) in [5, 5.41) is 20.1. The van der Waals surface area contributed by atoms with Crippen LogP contribution >= 0.6 is 0 Å². The molecular weight excluding hydrogens is 318 g/mol. The molecule has 0 aliphatic carbocycles. The predicted molar refractivity (Wildman–Crippen MR) is 92.2 cm³/mol. The highest BCUT2D eigenvalue weighted by Gasteiger charge is 2.17. The Morgan fingerprint density at radius 2 is 1.96 bits per heavy atom. The zero-order chi connectivity index (χ0) is 17.1. The van der Waals surface area contributed by atoms with Crippen molar-refractivity contribution in [3.05, 3.63) is 78.5 Å². The van der Waals surface area contributed by atoms with E-state index in [4.69, 9.17) is 9.15 Å². The van der Waals surface area contributed by atoms with Crippen LogP contribution < -0.4 is 4.74 Å². The lowest BCUT2D eigenvalue weighted by Crippen LogP contribution is -2.14. The second kappa shape index (κ2) is 6.78. The molecular formula is C19H17N3O3. The van der Waals surface area contributed by atoms with E-state index in [1.165, 1.54) is 5.39 Å². The van der Waals surface area contributed by atoms with E-state index in [2.05, 4.69) is 16.4 Å². The van der Waals surface area contributed by atoms with E-state index in [-0.39, 0.29) is 6.61 Å². The van der Waals surface area contributed by atoms with Gasteiger partial charge < -0.3 is 14.3 Å². The summed E-state index contributed by atoms with van der Waals surface area (Å²) in [6.45, 7) is 0.177. The van der Waals surface area contributed by atoms with E-state index >= 15 is 0 Å². The lowest BCUT2D eigenvalue weighted by molar-refractivity contribution is 0.221. The highest BCUT2D eigenvalue weighted by molar-refractivity contribution is 5.83. The van der Waals surface area contributed by atoms with Crippen molar-refractivity contribution in [3.8, 4) is 5.75 Å².